The van der Waals surface area contributed by atoms with E-state index in [0.717, 1.165) is 23.4 Å². The van der Waals surface area contributed by atoms with Crippen LogP contribution in [-0.4, -0.2) is 21.6 Å². The van der Waals surface area contributed by atoms with Gasteiger partial charge in [0.2, 0.25) is 0 Å². The van der Waals surface area contributed by atoms with Gasteiger partial charge in [0.05, 0.1) is 5.39 Å². The number of rotatable bonds is 2. The molecule has 4 nitrogen and oxygen atoms in total. The molecular formula is C11H18N4. The van der Waals surface area contributed by atoms with Gasteiger partial charge in [-0.25, -0.2) is 9.97 Å². The molecule has 82 valence electrons. The third-order valence-electron chi connectivity index (χ3n) is 2.13. The van der Waals surface area contributed by atoms with Crippen molar-refractivity contribution in [1.82, 2.24) is 14.5 Å². The van der Waals surface area contributed by atoms with Gasteiger partial charge in [0.1, 0.15) is 17.8 Å². The van der Waals surface area contributed by atoms with Crippen LogP contribution in [0.5, 0.6) is 0 Å². The summed E-state index contributed by atoms with van der Waals surface area (Å²) in [6, 6.07) is 2.03. The summed E-state index contributed by atoms with van der Waals surface area (Å²) in [4.78, 5) is 8.37. The summed E-state index contributed by atoms with van der Waals surface area (Å²) in [5.74, 6) is 0.886. The Hall–Kier alpha value is -1.58. The highest BCUT2D eigenvalue weighted by atomic mass is 15.1. The molecule has 2 heterocycles. The predicted molar refractivity (Wildman–Crippen MR) is 64.1 cm³/mol. The van der Waals surface area contributed by atoms with Crippen molar-refractivity contribution in [1.29, 1.82) is 0 Å². The van der Waals surface area contributed by atoms with Crippen LogP contribution in [-0.2, 0) is 6.54 Å². The largest absolute Gasteiger partial charge is 0.372 e. The van der Waals surface area contributed by atoms with Gasteiger partial charge in [0, 0.05) is 19.8 Å². The quantitative estimate of drug-likeness (QED) is 0.821. The van der Waals surface area contributed by atoms with Crippen LogP contribution < -0.4 is 5.32 Å². The first-order valence-corrected chi connectivity index (χ1v) is 5.34. The summed E-state index contributed by atoms with van der Waals surface area (Å²) in [6.07, 6.45) is 3.61. The summed E-state index contributed by atoms with van der Waals surface area (Å²) in [7, 11) is 1.87. The van der Waals surface area contributed by atoms with E-state index >= 15 is 0 Å². The second-order valence-corrected chi connectivity index (χ2v) is 2.81. The Morgan fingerprint density at radius 1 is 1.33 bits per heavy atom. The average molecular weight is 206 g/mol. The SMILES string of the molecule is CC.CCn1ccc2c(NC)ncnc21. The molecule has 0 aromatic carbocycles. The van der Waals surface area contributed by atoms with Crippen molar-refractivity contribution in [3.05, 3.63) is 18.6 Å². The van der Waals surface area contributed by atoms with E-state index in [1.54, 1.807) is 6.33 Å². The maximum absolute atomic E-state index is 4.23. The molecule has 4 heteroatoms. The third-order valence-corrected chi connectivity index (χ3v) is 2.13. The smallest absolute Gasteiger partial charge is 0.145 e. The van der Waals surface area contributed by atoms with Crippen molar-refractivity contribution < 1.29 is 0 Å². The van der Waals surface area contributed by atoms with Crippen LogP contribution >= 0.6 is 0 Å². The number of nitrogens with one attached hydrogen (secondary N) is 1. The fraction of sp³-hybridized carbons (Fsp3) is 0.455. The summed E-state index contributed by atoms with van der Waals surface area (Å²) in [5, 5.41) is 4.12. The molecule has 0 saturated carbocycles. The van der Waals surface area contributed by atoms with Crippen LogP contribution in [0, 0.1) is 0 Å². The summed E-state index contributed by atoms with van der Waals surface area (Å²) in [6.45, 7) is 7.03. The van der Waals surface area contributed by atoms with Gasteiger partial charge in [-0.1, -0.05) is 13.8 Å². The lowest BCUT2D eigenvalue weighted by molar-refractivity contribution is 0.786. The highest BCUT2D eigenvalue weighted by Crippen LogP contribution is 2.19. The third kappa shape index (κ3) is 2.09. The first kappa shape index (κ1) is 11.5. The molecule has 1 N–H and O–H groups in total. The molecular weight excluding hydrogens is 188 g/mol. The molecule has 0 radical (unpaired) electrons. The normalized spacial score (nSPS) is 9.60. The number of fused-ring (bicyclic) bond motifs is 1. The monoisotopic (exact) mass is 206 g/mol. The number of hydrogen-bond acceptors (Lipinski definition) is 3. The molecule has 2 aromatic heterocycles. The zero-order valence-electron chi connectivity index (χ0n) is 9.78. The zero-order valence-corrected chi connectivity index (χ0v) is 9.78. The molecule has 0 bridgehead atoms. The highest BCUT2D eigenvalue weighted by Gasteiger charge is 2.04. The Bertz CT molecular complexity index is 419. The van der Waals surface area contributed by atoms with Gasteiger partial charge >= 0.3 is 0 Å². The molecule has 15 heavy (non-hydrogen) atoms. The predicted octanol–water partition coefficient (Wildman–Crippen LogP) is 2.52. The standard InChI is InChI=1S/C9H12N4.C2H6/c1-3-13-5-4-7-8(10-2)11-6-12-9(7)13;1-2/h4-6H,3H2,1-2H3,(H,10,11,12);1-2H3. The summed E-state index contributed by atoms with van der Waals surface area (Å²) in [5.41, 5.74) is 0.988. The topological polar surface area (TPSA) is 42.7 Å². The fourth-order valence-corrected chi connectivity index (χ4v) is 1.46. The van der Waals surface area contributed by atoms with Gasteiger partial charge in [0.25, 0.3) is 0 Å². The molecule has 0 fully saturated rings. The summed E-state index contributed by atoms with van der Waals surface area (Å²) < 4.78 is 2.10. The van der Waals surface area contributed by atoms with Crippen LogP contribution in [0.4, 0.5) is 5.82 Å². The molecule has 2 rings (SSSR count). The highest BCUT2D eigenvalue weighted by molar-refractivity contribution is 5.87. The molecule has 0 aliphatic carbocycles. The second-order valence-electron chi connectivity index (χ2n) is 2.81. The lowest BCUT2D eigenvalue weighted by atomic mass is 10.4. The molecule has 0 spiro atoms. The lowest BCUT2D eigenvalue weighted by Crippen LogP contribution is -1.97. The number of nitrogens with zero attached hydrogens (tertiary/aromatic N) is 3. The van der Waals surface area contributed by atoms with E-state index in [4.69, 9.17) is 0 Å². The van der Waals surface area contributed by atoms with Crippen molar-refractivity contribution >= 4 is 16.9 Å². The first-order valence-electron chi connectivity index (χ1n) is 5.34. The van der Waals surface area contributed by atoms with Crippen molar-refractivity contribution in [3.63, 3.8) is 0 Å². The maximum atomic E-state index is 4.23. The van der Waals surface area contributed by atoms with Crippen LogP contribution in [0.15, 0.2) is 18.6 Å². The van der Waals surface area contributed by atoms with Gasteiger partial charge in [-0.15, -0.1) is 0 Å². The van der Waals surface area contributed by atoms with E-state index in [0.29, 0.717) is 0 Å². The minimum atomic E-state index is 0.886. The van der Waals surface area contributed by atoms with Crippen molar-refractivity contribution in [2.24, 2.45) is 0 Å². The number of anilines is 1. The fourth-order valence-electron chi connectivity index (χ4n) is 1.46. The van der Waals surface area contributed by atoms with Gasteiger partial charge in [-0.3, -0.25) is 0 Å². The van der Waals surface area contributed by atoms with Gasteiger partial charge in [-0.2, -0.15) is 0 Å². The molecule has 0 saturated heterocycles. The first-order chi connectivity index (χ1) is 7.36. The van der Waals surface area contributed by atoms with Crippen molar-refractivity contribution in [2.75, 3.05) is 12.4 Å². The minimum Gasteiger partial charge on any atom is -0.372 e. The Morgan fingerprint density at radius 2 is 2.07 bits per heavy atom. The van der Waals surface area contributed by atoms with E-state index in [-0.39, 0.29) is 0 Å². The van der Waals surface area contributed by atoms with Crippen LogP contribution in [0.3, 0.4) is 0 Å². The van der Waals surface area contributed by atoms with Gasteiger partial charge in [-0.05, 0) is 13.0 Å². The van der Waals surface area contributed by atoms with Crippen LogP contribution in [0.2, 0.25) is 0 Å². The Balaban J connectivity index is 0.000000531. The molecule has 0 aliphatic heterocycles. The van der Waals surface area contributed by atoms with E-state index in [1.165, 1.54) is 0 Å². The molecule has 0 aliphatic rings. The van der Waals surface area contributed by atoms with E-state index in [2.05, 4.69) is 26.8 Å². The van der Waals surface area contributed by atoms with E-state index in [1.807, 2.05) is 33.2 Å². The second kappa shape index (κ2) is 5.34. The van der Waals surface area contributed by atoms with Gasteiger partial charge < -0.3 is 9.88 Å². The maximum Gasteiger partial charge on any atom is 0.145 e. The van der Waals surface area contributed by atoms with E-state index < -0.39 is 0 Å². The van der Waals surface area contributed by atoms with Gasteiger partial charge in [0.15, 0.2) is 0 Å². The Morgan fingerprint density at radius 3 is 2.67 bits per heavy atom. The Kier molecular flexibility index (Phi) is 4.09. The number of aromatic nitrogens is 3. The lowest BCUT2D eigenvalue weighted by Gasteiger charge is -2.01. The molecule has 0 amide bonds. The number of hydrogen-bond donors (Lipinski definition) is 1. The zero-order chi connectivity index (χ0) is 11.3. The van der Waals surface area contributed by atoms with Crippen LogP contribution in [0.1, 0.15) is 20.8 Å². The number of aryl methyl sites for hydroxylation is 1. The summed E-state index contributed by atoms with van der Waals surface area (Å²) >= 11 is 0. The molecule has 2 aromatic rings. The molecule has 0 unspecified atom stereocenters. The molecule has 0 atom stereocenters. The van der Waals surface area contributed by atoms with Crippen molar-refractivity contribution in [2.45, 2.75) is 27.3 Å². The van der Waals surface area contributed by atoms with Crippen molar-refractivity contribution in [3.8, 4) is 0 Å². The van der Waals surface area contributed by atoms with E-state index in [9.17, 15) is 0 Å². The Labute approximate surface area is 90.4 Å². The average Bonchev–Trinajstić information content (AvgIpc) is 2.74. The minimum absolute atomic E-state index is 0.886. The van der Waals surface area contributed by atoms with Crippen LogP contribution in [0.25, 0.3) is 11.0 Å².